The number of benzene rings is 2. The molecule has 0 amide bonds. The van der Waals surface area contributed by atoms with Crippen molar-refractivity contribution in [2.45, 2.75) is 26.9 Å². The van der Waals surface area contributed by atoms with Crippen LogP contribution in [0.25, 0.3) is 10.9 Å². The third kappa shape index (κ3) is 2.98. The fourth-order valence-corrected chi connectivity index (χ4v) is 3.17. The van der Waals surface area contributed by atoms with Crippen molar-refractivity contribution in [3.8, 4) is 11.5 Å². The summed E-state index contributed by atoms with van der Waals surface area (Å²) in [7, 11) is 3.05. The molecule has 136 valence electrons. The summed E-state index contributed by atoms with van der Waals surface area (Å²) >= 11 is 0. The van der Waals surface area contributed by atoms with Crippen LogP contribution in [0.15, 0.2) is 46.0 Å². The molecule has 6 nitrogen and oxygen atoms in total. The molecule has 0 saturated heterocycles. The molecule has 0 spiro atoms. The van der Waals surface area contributed by atoms with E-state index in [-0.39, 0.29) is 11.2 Å². The molecular formula is C20H22N2O4. The molecule has 26 heavy (non-hydrogen) atoms. The summed E-state index contributed by atoms with van der Waals surface area (Å²) < 4.78 is 13.5. The van der Waals surface area contributed by atoms with Gasteiger partial charge in [0.15, 0.2) is 11.5 Å². The minimum Gasteiger partial charge on any atom is -0.493 e. The van der Waals surface area contributed by atoms with Crippen LogP contribution in [0.3, 0.4) is 0 Å². The molecule has 1 aromatic heterocycles. The maximum Gasteiger partial charge on any atom is 0.331 e. The number of ether oxygens (including phenoxy) is 2. The molecule has 0 aliphatic carbocycles. The maximum atomic E-state index is 12.9. The lowest BCUT2D eigenvalue weighted by molar-refractivity contribution is 0.355. The van der Waals surface area contributed by atoms with Gasteiger partial charge in [-0.2, -0.15) is 0 Å². The Balaban J connectivity index is 2.35. The molecule has 0 aliphatic rings. The van der Waals surface area contributed by atoms with Crippen LogP contribution in [0.5, 0.6) is 11.5 Å². The van der Waals surface area contributed by atoms with Gasteiger partial charge in [-0.1, -0.05) is 29.8 Å². The number of rotatable bonds is 5. The highest BCUT2D eigenvalue weighted by atomic mass is 16.5. The Kier molecular flexibility index (Phi) is 4.84. The SMILES string of the molecule is CCn1c(=O)c2cc(OC)c(OC)cc2n(Cc2cccc(C)c2)c1=O. The first-order chi connectivity index (χ1) is 12.5. The Morgan fingerprint density at radius 3 is 2.27 bits per heavy atom. The lowest BCUT2D eigenvalue weighted by Gasteiger charge is -2.16. The first-order valence-electron chi connectivity index (χ1n) is 8.45. The highest BCUT2D eigenvalue weighted by Crippen LogP contribution is 2.30. The van der Waals surface area contributed by atoms with Crippen molar-refractivity contribution in [1.82, 2.24) is 9.13 Å². The molecule has 0 atom stereocenters. The van der Waals surface area contributed by atoms with Crippen molar-refractivity contribution in [3.63, 3.8) is 0 Å². The fraction of sp³-hybridized carbons (Fsp3) is 0.300. The number of fused-ring (bicyclic) bond motifs is 1. The third-order valence-corrected chi connectivity index (χ3v) is 4.47. The molecule has 2 aromatic carbocycles. The smallest absolute Gasteiger partial charge is 0.331 e. The Morgan fingerprint density at radius 2 is 1.65 bits per heavy atom. The molecule has 3 aromatic rings. The van der Waals surface area contributed by atoms with E-state index in [2.05, 4.69) is 0 Å². The van der Waals surface area contributed by atoms with Crippen LogP contribution < -0.4 is 20.7 Å². The van der Waals surface area contributed by atoms with Gasteiger partial charge in [0.05, 0.1) is 31.7 Å². The molecule has 0 aliphatic heterocycles. The molecular weight excluding hydrogens is 332 g/mol. The minimum atomic E-state index is -0.335. The standard InChI is InChI=1S/C20H22N2O4/c1-5-21-19(23)15-10-17(25-3)18(26-4)11-16(15)22(20(21)24)12-14-8-6-7-13(2)9-14/h6-11H,5,12H2,1-4H3. The average Bonchev–Trinajstić information content (AvgIpc) is 2.64. The van der Waals surface area contributed by atoms with Gasteiger partial charge < -0.3 is 9.47 Å². The Hall–Kier alpha value is -3.02. The zero-order valence-electron chi connectivity index (χ0n) is 15.4. The van der Waals surface area contributed by atoms with E-state index >= 15 is 0 Å². The summed E-state index contributed by atoms with van der Waals surface area (Å²) in [5, 5.41) is 0.428. The number of aromatic nitrogens is 2. The van der Waals surface area contributed by atoms with Crippen molar-refractivity contribution in [2.75, 3.05) is 14.2 Å². The van der Waals surface area contributed by atoms with Gasteiger partial charge >= 0.3 is 5.69 Å². The van der Waals surface area contributed by atoms with E-state index in [1.807, 2.05) is 31.2 Å². The molecule has 6 heteroatoms. The number of methoxy groups -OCH3 is 2. The van der Waals surface area contributed by atoms with Crippen LogP contribution in [0.1, 0.15) is 18.1 Å². The first kappa shape index (κ1) is 17.8. The lowest BCUT2D eigenvalue weighted by atomic mass is 10.1. The van der Waals surface area contributed by atoms with Gasteiger partial charge in [-0.05, 0) is 25.5 Å². The number of aryl methyl sites for hydroxylation is 1. The van der Waals surface area contributed by atoms with Crippen LogP contribution in [0, 0.1) is 6.92 Å². The summed E-state index contributed by atoms with van der Waals surface area (Å²) in [6.07, 6.45) is 0. The molecule has 0 bridgehead atoms. The predicted molar refractivity (Wildman–Crippen MR) is 102 cm³/mol. The van der Waals surface area contributed by atoms with Gasteiger partial charge in [-0.3, -0.25) is 13.9 Å². The Morgan fingerprint density at radius 1 is 0.962 bits per heavy atom. The van der Waals surface area contributed by atoms with Gasteiger partial charge in [0.1, 0.15) is 0 Å². The molecule has 0 fully saturated rings. The maximum absolute atomic E-state index is 12.9. The first-order valence-corrected chi connectivity index (χ1v) is 8.45. The third-order valence-electron chi connectivity index (χ3n) is 4.47. The second-order valence-electron chi connectivity index (χ2n) is 6.13. The van der Waals surface area contributed by atoms with Crippen LogP contribution in [0.4, 0.5) is 0 Å². The minimum absolute atomic E-state index is 0.301. The highest BCUT2D eigenvalue weighted by Gasteiger charge is 2.16. The monoisotopic (exact) mass is 354 g/mol. The molecule has 0 saturated carbocycles. The molecule has 3 rings (SSSR count). The number of hydrogen-bond acceptors (Lipinski definition) is 4. The van der Waals surface area contributed by atoms with Crippen molar-refractivity contribution < 1.29 is 9.47 Å². The van der Waals surface area contributed by atoms with E-state index in [9.17, 15) is 9.59 Å². The molecule has 0 N–H and O–H groups in total. The van der Waals surface area contributed by atoms with Crippen LogP contribution in [-0.2, 0) is 13.1 Å². The quantitative estimate of drug-likeness (QED) is 0.706. The Bertz CT molecular complexity index is 1080. The second kappa shape index (κ2) is 7.07. The highest BCUT2D eigenvalue weighted by molar-refractivity contribution is 5.82. The molecule has 0 unspecified atom stereocenters. The van der Waals surface area contributed by atoms with Gasteiger partial charge in [0.25, 0.3) is 5.56 Å². The van der Waals surface area contributed by atoms with Crippen LogP contribution in [0.2, 0.25) is 0 Å². The van der Waals surface area contributed by atoms with Gasteiger partial charge in [0, 0.05) is 12.6 Å². The van der Waals surface area contributed by atoms with Crippen molar-refractivity contribution >= 4 is 10.9 Å². The van der Waals surface area contributed by atoms with Crippen LogP contribution in [-0.4, -0.2) is 23.4 Å². The summed E-state index contributed by atoms with van der Waals surface area (Å²) in [6.45, 7) is 4.46. The van der Waals surface area contributed by atoms with Crippen molar-refractivity contribution in [2.24, 2.45) is 0 Å². The summed E-state index contributed by atoms with van der Waals surface area (Å²) in [5.74, 6) is 0.937. The van der Waals surface area contributed by atoms with Gasteiger partial charge in [-0.15, -0.1) is 0 Å². The van der Waals surface area contributed by atoms with Crippen molar-refractivity contribution in [3.05, 3.63) is 68.4 Å². The number of hydrogen-bond donors (Lipinski definition) is 0. The second-order valence-corrected chi connectivity index (χ2v) is 6.13. The topological polar surface area (TPSA) is 62.5 Å². The van der Waals surface area contributed by atoms with E-state index in [4.69, 9.17) is 9.47 Å². The molecule has 1 heterocycles. The van der Waals surface area contributed by atoms with E-state index < -0.39 is 0 Å². The predicted octanol–water partition coefficient (Wildman–Crippen LogP) is 2.56. The van der Waals surface area contributed by atoms with Crippen LogP contribution >= 0.6 is 0 Å². The van der Waals surface area contributed by atoms with E-state index in [1.54, 1.807) is 23.6 Å². The fourth-order valence-electron chi connectivity index (χ4n) is 3.17. The lowest BCUT2D eigenvalue weighted by Crippen LogP contribution is -2.39. The number of nitrogens with zero attached hydrogens (tertiary/aromatic N) is 2. The average molecular weight is 354 g/mol. The zero-order valence-corrected chi connectivity index (χ0v) is 15.4. The van der Waals surface area contributed by atoms with Crippen molar-refractivity contribution in [1.29, 1.82) is 0 Å². The normalized spacial score (nSPS) is 10.9. The largest absolute Gasteiger partial charge is 0.493 e. The summed E-state index contributed by atoms with van der Waals surface area (Å²) in [4.78, 5) is 25.7. The zero-order chi connectivity index (χ0) is 18.8. The van der Waals surface area contributed by atoms with E-state index in [0.29, 0.717) is 35.5 Å². The van der Waals surface area contributed by atoms with Gasteiger partial charge in [-0.25, -0.2) is 4.79 Å². The summed E-state index contributed by atoms with van der Waals surface area (Å²) in [6, 6.07) is 11.3. The molecule has 0 radical (unpaired) electrons. The Labute approximate surface area is 151 Å². The van der Waals surface area contributed by atoms with Gasteiger partial charge in [0.2, 0.25) is 0 Å². The summed E-state index contributed by atoms with van der Waals surface area (Å²) in [5.41, 5.74) is 1.98. The van der Waals surface area contributed by atoms with E-state index in [1.165, 1.54) is 18.8 Å². The van der Waals surface area contributed by atoms with E-state index in [0.717, 1.165) is 11.1 Å².